The number of ether oxygens (including phenoxy) is 1. The Morgan fingerprint density at radius 2 is 1.63 bits per heavy atom. The van der Waals surface area contributed by atoms with Crippen molar-refractivity contribution < 1.29 is 9.53 Å². The standard InChI is InChI=1S/C24H24N2O2.2ClH/c25-21-7-4-6-20(16-21)18-11-13-19(14-12-18)24(27)28-23-10-5-15-26(17-23)22-8-2-1-3-9-22;;/h1-4,6-9,11-14,16,23H,5,10,15,17,25H2;2*1H. The van der Waals surface area contributed by atoms with Crippen molar-refractivity contribution in [1.29, 1.82) is 0 Å². The van der Waals surface area contributed by atoms with E-state index in [1.165, 1.54) is 5.69 Å². The summed E-state index contributed by atoms with van der Waals surface area (Å²) in [7, 11) is 0. The number of nitrogens with zero attached hydrogens (tertiary/aromatic N) is 1. The highest BCUT2D eigenvalue weighted by atomic mass is 35.5. The normalized spacial score (nSPS) is 15.5. The van der Waals surface area contributed by atoms with Crippen LogP contribution in [0.25, 0.3) is 11.1 Å². The fourth-order valence-electron chi connectivity index (χ4n) is 3.64. The summed E-state index contributed by atoms with van der Waals surface area (Å²) in [5.41, 5.74) is 10.4. The number of piperidine rings is 1. The third-order valence-electron chi connectivity index (χ3n) is 5.11. The summed E-state index contributed by atoms with van der Waals surface area (Å²) in [5, 5.41) is 0. The van der Waals surface area contributed by atoms with Gasteiger partial charge < -0.3 is 15.4 Å². The van der Waals surface area contributed by atoms with Crippen molar-refractivity contribution >= 4 is 42.2 Å². The topological polar surface area (TPSA) is 55.6 Å². The molecule has 1 aliphatic rings. The fraction of sp³-hybridized carbons (Fsp3) is 0.208. The number of nitrogen functional groups attached to an aromatic ring is 1. The molecule has 0 aromatic heterocycles. The second kappa shape index (κ2) is 10.9. The molecule has 30 heavy (non-hydrogen) atoms. The second-order valence-electron chi connectivity index (χ2n) is 7.15. The molecule has 0 saturated carbocycles. The van der Waals surface area contributed by atoms with Crippen LogP contribution in [0.15, 0.2) is 78.9 Å². The summed E-state index contributed by atoms with van der Waals surface area (Å²) in [6.07, 6.45) is 1.83. The van der Waals surface area contributed by atoms with Gasteiger partial charge in [-0.15, -0.1) is 24.8 Å². The third kappa shape index (κ3) is 5.68. The molecule has 0 spiro atoms. The molecule has 4 nitrogen and oxygen atoms in total. The minimum atomic E-state index is -0.265. The van der Waals surface area contributed by atoms with Crippen molar-refractivity contribution in [3.05, 3.63) is 84.4 Å². The molecule has 3 aromatic rings. The molecule has 0 radical (unpaired) electrons. The van der Waals surface area contributed by atoms with E-state index in [4.69, 9.17) is 10.5 Å². The number of halogens is 2. The Kier molecular flexibility index (Phi) is 8.58. The van der Waals surface area contributed by atoms with E-state index in [2.05, 4.69) is 17.0 Å². The number of nitrogens with two attached hydrogens (primary N) is 1. The van der Waals surface area contributed by atoms with Crippen molar-refractivity contribution in [3.63, 3.8) is 0 Å². The Bertz CT molecular complexity index is 949. The number of carbonyl (C=O) groups excluding carboxylic acids is 1. The third-order valence-corrected chi connectivity index (χ3v) is 5.11. The van der Waals surface area contributed by atoms with Gasteiger partial charge >= 0.3 is 5.97 Å². The molecule has 0 amide bonds. The molecule has 4 rings (SSSR count). The average Bonchev–Trinajstić information content (AvgIpc) is 2.75. The van der Waals surface area contributed by atoms with Crippen LogP contribution in [0.5, 0.6) is 0 Å². The summed E-state index contributed by atoms with van der Waals surface area (Å²) in [6.45, 7) is 1.73. The predicted molar refractivity (Wildman–Crippen MR) is 128 cm³/mol. The summed E-state index contributed by atoms with van der Waals surface area (Å²) in [4.78, 5) is 14.9. The maximum atomic E-state index is 12.6. The number of carbonyl (C=O) groups is 1. The van der Waals surface area contributed by atoms with Gasteiger partial charge in [-0.1, -0.05) is 42.5 Å². The molecule has 0 bridgehead atoms. The Labute approximate surface area is 189 Å². The van der Waals surface area contributed by atoms with Crippen LogP contribution in [0.4, 0.5) is 11.4 Å². The van der Waals surface area contributed by atoms with Gasteiger partial charge in [0, 0.05) is 17.9 Å². The summed E-state index contributed by atoms with van der Waals surface area (Å²) >= 11 is 0. The number of anilines is 2. The first-order chi connectivity index (χ1) is 13.7. The van der Waals surface area contributed by atoms with Gasteiger partial charge in [-0.05, 0) is 60.4 Å². The molecule has 1 heterocycles. The minimum Gasteiger partial charge on any atom is -0.457 e. The number of hydrogen-bond donors (Lipinski definition) is 1. The molecule has 0 aliphatic carbocycles. The maximum Gasteiger partial charge on any atom is 0.338 e. The molecule has 158 valence electrons. The van der Waals surface area contributed by atoms with E-state index in [0.29, 0.717) is 5.56 Å². The predicted octanol–water partition coefficient (Wildman–Crippen LogP) is 5.61. The Morgan fingerprint density at radius 3 is 2.33 bits per heavy atom. The van der Waals surface area contributed by atoms with Crippen LogP contribution in [0.2, 0.25) is 0 Å². The van der Waals surface area contributed by atoms with Crippen LogP contribution < -0.4 is 10.6 Å². The molecule has 1 atom stereocenters. The van der Waals surface area contributed by atoms with E-state index in [0.717, 1.165) is 42.7 Å². The summed E-state index contributed by atoms with van der Waals surface area (Å²) < 4.78 is 5.79. The summed E-state index contributed by atoms with van der Waals surface area (Å²) in [5.74, 6) is -0.265. The van der Waals surface area contributed by atoms with Crippen LogP contribution in [-0.2, 0) is 4.74 Å². The van der Waals surface area contributed by atoms with E-state index < -0.39 is 0 Å². The van der Waals surface area contributed by atoms with Crippen molar-refractivity contribution in [1.82, 2.24) is 0 Å². The van der Waals surface area contributed by atoms with Gasteiger partial charge in [0.25, 0.3) is 0 Å². The van der Waals surface area contributed by atoms with Crippen molar-refractivity contribution in [2.45, 2.75) is 18.9 Å². The zero-order valence-electron chi connectivity index (χ0n) is 16.6. The van der Waals surface area contributed by atoms with Crippen molar-refractivity contribution in [2.75, 3.05) is 23.7 Å². The van der Waals surface area contributed by atoms with Gasteiger partial charge in [0.15, 0.2) is 0 Å². The average molecular weight is 445 g/mol. The number of hydrogen-bond acceptors (Lipinski definition) is 4. The SMILES string of the molecule is Cl.Cl.Nc1cccc(-c2ccc(C(=O)OC3CCCN(c4ccccc4)C3)cc2)c1. The Hall–Kier alpha value is -2.69. The molecule has 3 aromatic carbocycles. The van der Waals surface area contributed by atoms with Crippen LogP contribution in [0.1, 0.15) is 23.2 Å². The molecular formula is C24H26Cl2N2O2. The molecule has 1 aliphatic heterocycles. The highest BCUT2D eigenvalue weighted by Crippen LogP contribution is 2.24. The van der Waals surface area contributed by atoms with Gasteiger partial charge in [-0.25, -0.2) is 4.79 Å². The molecule has 1 saturated heterocycles. The van der Waals surface area contributed by atoms with Crippen molar-refractivity contribution in [3.8, 4) is 11.1 Å². The van der Waals surface area contributed by atoms with Crippen LogP contribution in [0.3, 0.4) is 0 Å². The first-order valence-electron chi connectivity index (χ1n) is 9.66. The van der Waals surface area contributed by atoms with Gasteiger partial charge in [-0.3, -0.25) is 0 Å². The van der Waals surface area contributed by atoms with Gasteiger partial charge in [0.1, 0.15) is 6.10 Å². The lowest BCUT2D eigenvalue weighted by Crippen LogP contribution is -2.40. The number of rotatable bonds is 4. The largest absolute Gasteiger partial charge is 0.457 e. The number of esters is 1. The molecule has 1 fully saturated rings. The first-order valence-corrected chi connectivity index (χ1v) is 9.66. The monoisotopic (exact) mass is 444 g/mol. The highest BCUT2D eigenvalue weighted by Gasteiger charge is 2.23. The lowest BCUT2D eigenvalue weighted by molar-refractivity contribution is 0.0270. The molecule has 6 heteroatoms. The van der Waals surface area contributed by atoms with E-state index in [9.17, 15) is 4.79 Å². The van der Waals surface area contributed by atoms with E-state index in [1.807, 2.05) is 66.7 Å². The lowest BCUT2D eigenvalue weighted by atomic mass is 10.0. The molecule has 2 N–H and O–H groups in total. The number of para-hydroxylation sites is 1. The quantitative estimate of drug-likeness (QED) is 0.419. The van der Waals surface area contributed by atoms with Crippen molar-refractivity contribution in [2.24, 2.45) is 0 Å². The van der Waals surface area contributed by atoms with E-state index in [1.54, 1.807) is 0 Å². The minimum absolute atomic E-state index is 0. The maximum absolute atomic E-state index is 12.6. The summed E-state index contributed by atoms with van der Waals surface area (Å²) in [6, 6.07) is 25.5. The zero-order valence-corrected chi connectivity index (χ0v) is 18.2. The first kappa shape index (κ1) is 23.6. The van der Waals surface area contributed by atoms with Crippen LogP contribution >= 0.6 is 24.8 Å². The smallest absolute Gasteiger partial charge is 0.338 e. The Balaban J connectivity index is 0.00000160. The van der Waals surface area contributed by atoms with Gasteiger partial charge in [0.2, 0.25) is 0 Å². The number of benzene rings is 3. The fourth-order valence-corrected chi connectivity index (χ4v) is 3.64. The Morgan fingerprint density at radius 1 is 0.900 bits per heavy atom. The highest BCUT2D eigenvalue weighted by molar-refractivity contribution is 5.90. The lowest BCUT2D eigenvalue weighted by Gasteiger charge is -2.34. The van der Waals surface area contributed by atoms with Gasteiger partial charge in [-0.2, -0.15) is 0 Å². The second-order valence-corrected chi connectivity index (χ2v) is 7.15. The molecule has 1 unspecified atom stereocenters. The molecular weight excluding hydrogens is 419 g/mol. The van der Waals surface area contributed by atoms with E-state index >= 15 is 0 Å². The zero-order chi connectivity index (χ0) is 19.3. The van der Waals surface area contributed by atoms with Crippen LogP contribution in [-0.4, -0.2) is 25.2 Å². The van der Waals surface area contributed by atoms with Crippen LogP contribution in [0, 0.1) is 0 Å². The van der Waals surface area contributed by atoms with E-state index in [-0.39, 0.29) is 36.9 Å². The van der Waals surface area contributed by atoms with Gasteiger partial charge in [0.05, 0.1) is 12.1 Å².